The van der Waals surface area contributed by atoms with Gasteiger partial charge >= 0.3 is 0 Å². The van der Waals surface area contributed by atoms with Crippen molar-refractivity contribution < 1.29 is 4.79 Å². The lowest BCUT2D eigenvalue weighted by Gasteiger charge is -2.55. The Morgan fingerprint density at radius 1 is 1.19 bits per heavy atom. The lowest BCUT2D eigenvalue weighted by molar-refractivity contribution is -0.117. The third-order valence-electron chi connectivity index (χ3n) is 7.69. The van der Waals surface area contributed by atoms with Gasteiger partial charge in [-0.1, -0.05) is 32.9 Å². The molecule has 2 fully saturated rings. The minimum absolute atomic E-state index is 0.0484. The van der Waals surface area contributed by atoms with Crippen molar-refractivity contribution in [2.45, 2.75) is 52.9 Å². The van der Waals surface area contributed by atoms with Crippen LogP contribution in [0.2, 0.25) is 0 Å². The summed E-state index contributed by atoms with van der Waals surface area (Å²) >= 11 is 0. The van der Waals surface area contributed by atoms with Gasteiger partial charge < -0.3 is 5.32 Å². The topological polar surface area (TPSA) is 29.1 Å². The van der Waals surface area contributed by atoms with E-state index in [1.54, 1.807) is 6.08 Å². The maximum atomic E-state index is 11.7. The zero-order valence-electron chi connectivity index (χ0n) is 13.5. The molecule has 2 heteroatoms. The van der Waals surface area contributed by atoms with Crippen LogP contribution >= 0.6 is 0 Å². The Hall–Kier alpha value is -1.05. The second-order valence-corrected chi connectivity index (χ2v) is 8.36. The first-order chi connectivity index (χ1) is 9.95. The van der Waals surface area contributed by atoms with Crippen LogP contribution in [0.15, 0.2) is 23.9 Å². The van der Waals surface area contributed by atoms with Gasteiger partial charge in [0.05, 0.1) is 0 Å². The summed E-state index contributed by atoms with van der Waals surface area (Å²) in [7, 11) is 0. The number of rotatable bonds is 0. The zero-order valence-corrected chi connectivity index (χ0v) is 13.5. The fraction of sp³-hybridized carbons (Fsp3) is 0.737. The van der Waals surface area contributed by atoms with Gasteiger partial charge in [0.15, 0.2) is 0 Å². The number of carbonyl (C=O) groups excluding carboxylic acids is 1. The Labute approximate surface area is 128 Å². The number of fused-ring (bicyclic) bond motifs is 5. The fourth-order valence-electron chi connectivity index (χ4n) is 6.12. The van der Waals surface area contributed by atoms with Gasteiger partial charge in [0, 0.05) is 17.2 Å². The summed E-state index contributed by atoms with van der Waals surface area (Å²) in [6.07, 6.45) is 12.9. The molecular weight excluding hydrogens is 258 g/mol. The molecule has 0 aromatic heterocycles. The predicted octanol–water partition coefficient (Wildman–Crippen LogP) is 4.04. The van der Waals surface area contributed by atoms with Crippen molar-refractivity contribution in [3.63, 3.8) is 0 Å². The van der Waals surface area contributed by atoms with Crippen LogP contribution in [0.5, 0.6) is 0 Å². The largest absolute Gasteiger partial charge is 0.326 e. The first kappa shape index (κ1) is 13.6. The van der Waals surface area contributed by atoms with E-state index in [1.807, 2.05) is 0 Å². The third kappa shape index (κ3) is 1.68. The highest BCUT2D eigenvalue weighted by molar-refractivity contribution is 5.90. The Kier molecular flexibility index (Phi) is 2.75. The molecule has 0 aromatic carbocycles. The normalized spacial score (nSPS) is 51.6. The second-order valence-electron chi connectivity index (χ2n) is 8.36. The van der Waals surface area contributed by atoms with E-state index in [1.165, 1.54) is 31.4 Å². The van der Waals surface area contributed by atoms with Crippen molar-refractivity contribution in [1.29, 1.82) is 0 Å². The van der Waals surface area contributed by atoms with Crippen LogP contribution in [0.25, 0.3) is 0 Å². The van der Waals surface area contributed by atoms with Crippen molar-refractivity contribution in [2.75, 3.05) is 0 Å². The molecule has 1 amide bonds. The first-order valence-corrected chi connectivity index (χ1v) is 8.66. The zero-order chi connectivity index (χ0) is 14.8. The molecule has 1 heterocycles. The highest BCUT2D eigenvalue weighted by Gasteiger charge is 2.57. The molecule has 114 valence electrons. The van der Waals surface area contributed by atoms with Gasteiger partial charge in [-0.2, -0.15) is 0 Å². The number of hydrogen-bond acceptors (Lipinski definition) is 1. The van der Waals surface area contributed by atoms with Crippen molar-refractivity contribution in [3.8, 4) is 0 Å². The standard InChI is InChI=1S/C19H27NO/c1-12-4-6-14-13-5-7-16-19(3,11-9-17(21)20-16)15(13)8-10-18(12,14)2/h7,9,11-15H,4-6,8,10H2,1-3H3,(H,20,21). The molecule has 6 atom stereocenters. The molecule has 6 unspecified atom stereocenters. The summed E-state index contributed by atoms with van der Waals surface area (Å²) < 4.78 is 0. The number of amides is 1. The Bertz CT molecular complexity index is 548. The summed E-state index contributed by atoms with van der Waals surface area (Å²) in [6.45, 7) is 7.35. The first-order valence-electron chi connectivity index (χ1n) is 8.66. The van der Waals surface area contributed by atoms with Gasteiger partial charge in [0.2, 0.25) is 5.91 Å². The van der Waals surface area contributed by atoms with Crippen LogP contribution < -0.4 is 5.32 Å². The molecule has 0 spiro atoms. The van der Waals surface area contributed by atoms with Gasteiger partial charge in [-0.25, -0.2) is 0 Å². The lowest BCUT2D eigenvalue weighted by atomic mass is 9.50. The summed E-state index contributed by atoms with van der Waals surface area (Å²) in [6, 6.07) is 0. The SMILES string of the molecule is CC1CCC2C3CC=C4NC(=O)C=CC4(C)C3CCC12C. The molecule has 2 saturated carbocycles. The smallest absolute Gasteiger partial charge is 0.247 e. The average molecular weight is 285 g/mol. The average Bonchev–Trinajstić information content (AvgIpc) is 2.76. The highest BCUT2D eigenvalue weighted by atomic mass is 16.1. The minimum atomic E-state index is 0.0484. The van der Waals surface area contributed by atoms with E-state index in [2.05, 4.69) is 38.2 Å². The molecule has 3 aliphatic carbocycles. The lowest BCUT2D eigenvalue weighted by Crippen LogP contribution is -2.51. The van der Waals surface area contributed by atoms with Crippen molar-refractivity contribution in [3.05, 3.63) is 23.9 Å². The van der Waals surface area contributed by atoms with E-state index in [0.29, 0.717) is 11.3 Å². The summed E-state index contributed by atoms with van der Waals surface area (Å²) in [5.74, 6) is 3.32. The van der Waals surface area contributed by atoms with Crippen molar-refractivity contribution in [2.24, 2.45) is 34.5 Å². The van der Waals surface area contributed by atoms with Crippen LogP contribution in [0.4, 0.5) is 0 Å². The highest BCUT2D eigenvalue weighted by Crippen LogP contribution is 2.64. The quantitative estimate of drug-likeness (QED) is 0.715. The molecule has 21 heavy (non-hydrogen) atoms. The van der Waals surface area contributed by atoms with Crippen molar-refractivity contribution in [1.82, 2.24) is 5.32 Å². The van der Waals surface area contributed by atoms with Crippen molar-refractivity contribution >= 4 is 5.91 Å². The molecule has 0 radical (unpaired) electrons. The van der Waals surface area contributed by atoms with Crippen LogP contribution in [0.1, 0.15) is 52.9 Å². The monoisotopic (exact) mass is 285 g/mol. The van der Waals surface area contributed by atoms with E-state index in [0.717, 1.165) is 24.2 Å². The maximum absolute atomic E-state index is 11.7. The third-order valence-corrected chi connectivity index (χ3v) is 7.69. The summed E-state index contributed by atoms with van der Waals surface area (Å²) in [4.78, 5) is 11.7. The van der Waals surface area contributed by atoms with Gasteiger partial charge in [0.1, 0.15) is 0 Å². The molecule has 1 N–H and O–H groups in total. The van der Waals surface area contributed by atoms with Crippen LogP contribution in [-0.2, 0) is 4.79 Å². The number of hydrogen-bond donors (Lipinski definition) is 1. The van der Waals surface area contributed by atoms with E-state index >= 15 is 0 Å². The Morgan fingerprint density at radius 2 is 2.00 bits per heavy atom. The molecule has 4 aliphatic rings. The van der Waals surface area contributed by atoms with E-state index in [-0.39, 0.29) is 11.3 Å². The number of carbonyl (C=O) groups is 1. The van der Waals surface area contributed by atoms with Crippen LogP contribution in [0, 0.1) is 34.5 Å². The molecule has 4 rings (SSSR count). The van der Waals surface area contributed by atoms with Gasteiger partial charge in [0.25, 0.3) is 0 Å². The Morgan fingerprint density at radius 3 is 2.81 bits per heavy atom. The summed E-state index contributed by atoms with van der Waals surface area (Å²) in [5, 5.41) is 3.11. The van der Waals surface area contributed by atoms with E-state index < -0.39 is 0 Å². The molecule has 0 aromatic rings. The minimum Gasteiger partial charge on any atom is -0.326 e. The molecule has 1 aliphatic heterocycles. The molecular formula is C19H27NO. The van der Waals surface area contributed by atoms with Gasteiger partial charge in [-0.15, -0.1) is 0 Å². The van der Waals surface area contributed by atoms with E-state index in [9.17, 15) is 4.79 Å². The fourth-order valence-corrected chi connectivity index (χ4v) is 6.12. The number of allylic oxidation sites excluding steroid dienone is 2. The maximum Gasteiger partial charge on any atom is 0.247 e. The molecule has 0 saturated heterocycles. The second kappa shape index (κ2) is 4.24. The predicted molar refractivity (Wildman–Crippen MR) is 84.3 cm³/mol. The summed E-state index contributed by atoms with van der Waals surface area (Å²) in [5.41, 5.74) is 1.79. The van der Waals surface area contributed by atoms with Crippen LogP contribution in [-0.4, -0.2) is 5.91 Å². The Balaban J connectivity index is 1.72. The van der Waals surface area contributed by atoms with Gasteiger partial charge in [-0.3, -0.25) is 4.79 Å². The van der Waals surface area contributed by atoms with Gasteiger partial charge in [-0.05, 0) is 61.2 Å². The molecule has 0 bridgehead atoms. The van der Waals surface area contributed by atoms with Crippen LogP contribution in [0.3, 0.4) is 0 Å². The van der Waals surface area contributed by atoms with E-state index in [4.69, 9.17) is 0 Å². The molecule has 2 nitrogen and oxygen atoms in total. The number of nitrogens with one attached hydrogen (secondary N) is 1.